The van der Waals surface area contributed by atoms with Crippen molar-refractivity contribution in [2.45, 2.75) is 0 Å². The molecule has 0 atom stereocenters. The van der Waals surface area contributed by atoms with E-state index in [2.05, 4.69) is 30.8 Å². The summed E-state index contributed by atoms with van der Waals surface area (Å²) in [7, 11) is 2.84. The highest BCUT2D eigenvalue weighted by molar-refractivity contribution is 5.99. The first-order valence-corrected chi connectivity index (χ1v) is 10.1. The molecule has 0 bridgehead atoms. The predicted molar refractivity (Wildman–Crippen MR) is 116 cm³/mol. The molecule has 4 rings (SSSR count). The Hall–Kier alpha value is -3.93. The molecule has 12 heteroatoms. The van der Waals surface area contributed by atoms with E-state index in [1.54, 1.807) is 6.07 Å². The molecule has 10 nitrogen and oxygen atoms in total. The van der Waals surface area contributed by atoms with Crippen molar-refractivity contribution in [3.63, 3.8) is 0 Å². The number of rotatable bonds is 6. The van der Waals surface area contributed by atoms with Crippen molar-refractivity contribution in [3.8, 4) is 16.9 Å². The number of carbonyl (C=O) groups is 1. The Kier molecular flexibility index (Phi) is 6.54. The van der Waals surface area contributed by atoms with E-state index in [1.807, 2.05) is 4.90 Å². The number of halogens is 2. The lowest BCUT2D eigenvalue weighted by molar-refractivity contribution is 0.0958. The van der Waals surface area contributed by atoms with Gasteiger partial charge in [0.05, 0.1) is 26.5 Å². The van der Waals surface area contributed by atoms with Gasteiger partial charge in [-0.2, -0.15) is 4.98 Å². The quantitative estimate of drug-likeness (QED) is 0.575. The summed E-state index contributed by atoms with van der Waals surface area (Å²) in [6.45, 7) is 2.19. The van der Waals surface area contributed by atoms with E-state index in [-0.39, 0.29) is 28.5 Å². The van der Waals surface area contributed by atoms with Crippen LogP contribution in [0.5, 0.6) is 5.75 Å². The highest BCUT2D eigenvalue weighted by Gasteiger charge is 2.21. The highest BCUT2D eigenvalue weighted by atomic mass is 19.1. The maximum Gasteiger partial charge on any atom is 0.272 e. The first-order chi connectivity index (χ1) is 16.0. The van der Waals surface area contributed by atoms with Gasteiger partial charge in [-0.25, -0.2) is 13.8 Å². The number of carbonyl (C=O) groups excluding carboxylic acids is 1. The third kappa shape index (κ3) is 4.80. The summed E-state index contributed by atoms with van der Waals surface area (Å²) in [5, 5.41) is 13.1. The van der Waals surface area contributed by atoms with Gasteiger partial charge in [0.15, 0.2) is 23.1 Å². The molecule has 172 valence electrons. The Bertz CT molecular complexity index is 1170. The van der Waals surface area contributed by atoms with Gasteiger partial charge < -0.3 is 25.0 Å². The number of benzene rings is 1. The first-order valence-electron chi connectivity index (χ1n) is 10.1. The number of amides is 1. The molecule has 2 N–H and O–H groups in total. The summed E-state index contributed by atoms with van der Waals surface area (Å²) in [6, 6.07) is 5.61. The zero-order valence-electron chi connectivity index (χ0n) is 17.9. The Morgan fingerprint density at radius 2 is 1.91 bits per heavy atom. The second-order valence-electron chi connectivity index (χ2n) is 7.01. The molecule has 0 aliphatic carbocycles. The monoisotopic (exact) mass is 457 g/mol. The van der Waals surface area contributed by atoms with Crippen LogP contribution in [0.2, 0.25) is 0 Å². The van der Waals surface area contributed by atoms with Crippen molar-refractivity contribution in [3.05, 3.63) is 47.8 Å². The van der Waals surface area contributed by atoms with E-state index < -0.39 is 17.5 Å². The van der Waals surface area contributed by atoms with Crippen molar-refractivity contribution in [2.75, 3.05) is 50.7 Å². The Labute approximate surface area is 188 Å². The molecule has 3 aromatic rings. The van der Waals surface area contributed by atoms with Gasteiger partial charge in [0.1, 0.15) is 11.6 Å². The average molecular weight is 457 g/mol. The minimum Gasteiger partial charge on any atom is -0.497 e. The van der Waals surface area contributed by atoms with Crippen molar-refractivity contribution in [1.29, 1.82) is 0 Å². The van der Waals surface area contributed by atoms with Gasteiger partial charge in [0.2, 0.25) is 5.95 Å². The SMILES string of the molecule is CNC(=O)c1nnc(Nc2nc(N3CCOCC3)ncc2F)cc1-c1ccc(OC)cc1F. The van der Waals surface area contributed by atoms with Gasteiger partial charge in [0.25, 0.3) is 5.91 Å². The molecule has 0 radical (unpaired) electrons. The molecule has 1 aliphatic rings. The molecule has 0 saturated carbocycles. The van der Waals surface area contributed by atoms with Crippen LogP contribution in [-0.4, -0.2) is 66.5 Å². The molecule has 1 aliphatic heterocycles. The molecular formula is C21H21F2N7O3. The molecule has 0 spiro atoms. The third-order valence-electron chi connectivity index (χ3n) is 4.97. The number of nitrogens with one attached hydrogen (secondary N) is 2. The van der Waals surface area contributed by atoms with Crippen LogP contribution in [0.3, 0.4) is 0 Å². The van der Waals surface area contributed by atoms with Crippen molar-refractivity contribution in [1.82, 2.24) is 25.5 Å². The fourth-order valence-electron chi connectivity index (χ4n) is 3.27. The summed E-state index contributed by atoms with van der Waals surface area (Å²) < 4.78 is 39.6. The molecule has 33 heavy (non-hydrogen) atoms. The van der Waals surface area contributed by atoms with Crippen LogP contribution in [-0.2, 0) is 4.74 Å². The fourth-order valence-corrected chi connectivity index (χ4v) is 3.27. The number of ether oxygens (including phenoxy) is 2. The van der Waals surface area contributed by atoms with Crippen molar-refractivity contribution < 1.29 is 23.0 Å². The number of methoxy groups -OCH3 is 1. The molecule has 1 amide bonds. The number of hydrogen-bond acceptors (Lipinski definition) is 9. The zero-order valence-corrected chi connectivity index (χ0v) is 17.9. The highest BCUT2D eigenvalue weighted by Crippen LogP contribution is 2.30. The Balaban J connectivity index is 1.71. The van der Waals surface area contributed by atoms with Gasteiger partial charge in [-0.05, 0) is 18.2 Å². The first kappa shape index (κ1) is 22.3. The lowest BCUT2D eigenvalue weighted by Gasteiger charge is -2.26. The van der Waals surface area contributed by atoms with Gasteiger partial charge in [-0.3, -0.25) is 4.79 Å². The molecule has 1 fully saturated rings. The minimum atomic E-state index is -0.707. The number of morpholine rings is 1. The summed E-state index contributed by atoms with van der Waals surface area (Å²) in [5.74, 6) is -1.30. The van der Waals surface area contributed by atoms with Crippen LogP contribution in [0, 0.1) is 11.6 Å². The van der Waals surface area contributed by atoms with Gasteiger partial charge >= 0.3 is 0 Å². The summed E-state index contributed by atoms with van der Waals surface area (Å²) in [4.78, 5) is 22.5. The van der Waals surface area contributed by atoms with Crippen molar-refractivity contribution in [2.24, 2.45) is 0 Å². The lowest BCUT2D eigenvalue weighted by atomic mass is 10.0. The summed E-state index contributed by atoms with van der Waals surface area (Å²) in [5.41, 5.74) is 0.170. The fraction of sp³-hybridized carbons (Fsp3) is 0.286. The van der Waals surface area contributed by atoms with E-state index >= 15 is 0 Å². The number of nitrogens with zero attached hydrogens (tertiary/aromatic N) is 5. The minimum absolute atomic E-state index is 0.0680. The summed E-state index contributed by atoms with van der Waals surface area (Å²) >= 11 is 0. The number of hydrogen-bond donors (Lipinski definition) is 2. The van der Waals surface area contributed by atoms with E-state index in [0.29, 0.717) is 38.0 Å². The van der Waals surface area contributed by atoms with Crippen LogP contribution in [0.15, 0.2) is 30.5 Å². The van der Waals surface area contributed by atoms with Gasteiger partial charge in [-0.15, -0.1) is 10.2 Å². The van der Waals surface area contributed by atoms with Crippen LogP contribution in [0.25, 0.3) is 11.1 Å². The van der Waals surface area contributed by atoms with Crippen LogP contribution >= 0.6 is 0 Å². The predicted octanol–water partition coefficient (Wildman–Crippen LogP) is 2.16. The lowest BCUT2D eigenvalue weighted by Crippen LogP contribution is -2.37. The van der Waals surface area contributed by atoms with Gasteiger partial charge in [0, 0.05) is 37.3 Å². The van der Waals surface area contributed by atoms with E-state index in [0.717, 1.165) is 6.20 Å². The molecule has 1 aromatic carbocycles. The number of aromatic nitrogens is 4. The second-order valence-corrected chi connectivity index (χ2v) is 7.01. The zero-order chi connectivity index (χ0) is 23.4. The smallest absolute Gasteiger partial charge is 0.272 e. The van der Waals surface area contributed by atoms with E-state index in [9.17, 15) is 13.6 Å². The third-order valence-corrected chi connectivity index (χ3v) is 4.97. The second kappa shape index (κ2) is 9.69. The standard InChI is InChI=1S/C21H21F2N7O3/c1-24-20(31)18-14(13-4-3-12(32-2)9-15(13)22)10-17(28-29-18)26-19-16(23)11-25-21(27-19)30-5-7-33-8-6-30/h3-4,9-11H,5-8H2,1-2H3,(H,24,31)(H,25,26,27,28). The molecule has 1 saturated heterocycles. The summed E-state index contributed by atoms with van der Waals surface area (Å²) in [6.07, 6.45) is 1.05. The topological polar surface area (TPSA) is 114 Å². The van der Waals surface area contributed by atoms with Crippen LogP contribution in [0.1, 0.15) is 10.5 Å². The van der Waals surface area contributed by atoms with E-state index in [1.165, 1.54) is 32.4 Å². The van der Waals surface area contributed by atoms with Crippen LogP contribution in [0.4, 0.5) is 26.4 Å². The van der Waals surface area contributed by atoms with Gasteiger partial charge in [-0.1, -0.05) is 0 Å². The molecule has 3 heterocycles. The molecular weight excluding hydrogens is 436 g/mol. The number of anilines is 3. The molecule has 2 aromatic heterocycles. The normalized spacial score (nSPS) is 13.5. The van der Waals surface area contributed by atoms with Crippen molar-refractivity contribution >= 4 is 23.5 Å². The van der Waals surface area contributed by atoms with E-state index in [4.69, 9.17) is 9.47 Å². The maximum absolute atomic E-state index is 14.8. The maximum atomic E-state index is 14.8. The average Bonchev–Trinajstić information content (AvgIpc) is 2.85. The van der Waals surface area contributed by atoms with Crippen LogP contribution < -0.4 is 20.3 Å². The Morgan fingerprint density at radius 1 is 1.12 bits per heavy atom. The largest absolute Gasteiger partial charge is 0.497 e. The Morgan fingerprint density at radius 3 is 2.61 bits per heavy atom. The molecule has 0 unspecified atom stereocenters.